The summed E-state index contributed by atoms with van der Waals surface area (Å²) >= 11 is 0. The summed E-state index contributed by atoms with van der Waals surface area (Å²) in [5.74, 6) is 0.850. The number of nitrogens with zero attached hydrogens (tertiary/aromatic N) is 1. The molecule has 0 amide bonds. The highest BCUT2D eigenvalue weighted by molar-refractivity contribution is 5.31. The highest BCUT2D eigenvalue weighted by atomic mass is 16.5. The molecule has 1 aromatic rings. The van der Waals surface area contributed by atoms with E-state index in [9.17, 15) is 5.11 Å². The van der Waals surface area contributed by atoms with Crippen molar-refractivity contribution in [3.05, 3.63) is 29.8 Å². The Bertz CT molecular complexity index is 409. The van der Waals surface area contributed by atoms with E-state index in [1.165, 1.54) is 0 Å². The average molecular weight is 264 g/mol. The summed E-state index contributed by atoms with van der Waals surface area (Å²) < 4.78 is 5.29. The van der Waals surface area contributed by atoms with Crippen molar-refractivity contribution in [2.24, 2.45) is 5.73 Å². The van der Waals surface area contributed by atoms with E-state index in [0.717, 1.165) is 30.7 Å². The van der Waals surface area contributed by atoms with E-state index < -0.39 is 0 Å². The lowest BCUT2D eigenvalue weighted by molar-refractivity contribution is 0.108. The molecule has 1 saturated heterocycles. The Balaban J connectivity index is 2.28. The molecule has 106 valence electrons. The van der Waals surface area contributed by atoms with E-state index in [2.05, 4.69) is 11.0 Å². The molecule has 3 N–H and O–H groups in total. The van der Waals surface area contributed by atoms with Crippen LogP contribution in [0, 0.1) is 0 Å². The molecule has 0 aromatic heterocycles. The Hall–Kier alpha value is -1.10. The van der Waals surface area contributed by atoms with Crippen LogP contribution in [0.4, 0.5) is 0 Å². The molecule has 3 unspecified atom stereocenters. The lowest BCUT2D eigenvalue weighted by Gasteiger charge is -2.35. The second kappa shape index (κ2) is 6.37. The first-order chi connectivity index (χ1) is 9.17. The molecule has 3 atom stereocenters. The maximum absolute atomic E-state index is 9.51. The molecule has 0 aliphatic carbocycles. The Morgan fingerprint density at radius 1 is 1.53 bits per heavy atom. The van der Waals surface area contributed by atoms with Gasteiger partial charge in [0, 0.05) is 12.1 Å². The normalized spacial score (nSPS) is 23.3. The Kier molecular flexibility index (Phi) is 4.80. The number of methoxy groups -OCH3 is 1. The van der Waals surface area contributed by atoms with Gasteiger partial charge >= 0.3 is 0 Å². The highest BCUT2D eigenvalue weighted by Crippen LogP contribution is 2.32. The lowest BCUT2D eigenvalue weighted by Crippen LogP contribution is -2.43. The van der Waals surface area contributed by atoms with Crippen molar-refractivity contribution >= 4 is 0 Å². The third-order valence-electron chi connectivity index (χ3n) is 3.92. The number of ether oxygens (including phenoxy) is 1. The van der Waals surface area contributed by atoms with Gasteiger partial charge in [-0.05, 0) is 44.0 Å². The SMILES string of the molecule is COc1cccc(C(C(C)N)N2CCCC2CO)c1. The van der Waals surface area contributed by atoms with Crippen LogP contribution in [0.2, 0.25) is 0 Å². The van der Waals surface area contributed by atoms with Crippen LogP contribution in [-0.2, 0) is 0 Å². The van der Waals surface area contributed by atoms with Crippen LogP contribution in [0.5, 0.6) is 5.75 Å². The molecule has 1 aliphatic heterocycles. The van der Waals surface area contributed by atoms with Crippen molar-refractivity contribution in [3.63, 3.8) is 0 Å². The fraction of sp³-hybridized carbons (Fsp3) is 0.600. The van der Waals surface area contributed by atoms with E-state index in [0.29, 0.717) is 0 Å². The third kappa shape index (κ3) is 3.08. The van der Waals surface area contributed by atoms with E-state index in [4.69, 9.17) is 10.5 Å². The number of benzene rings is 1. The number of nitrogens with two attached hydrogens (primary N) is 1. The number of aliphatic hydroxyl groups excluding tert-OH is 1. The molecule has 4 heteroatoms. The number of hydrogen-bond acceptors (Lipinski definition) is 4. The van der Waals surface area contributed by atoms with Crippen molar-refractivity contribution in [2.45, 2.75) is 37.9 Å². The van der Waals surface area contributed by atoms with Crippen LogP contribution in [-0.4, -0.2) is 42.4 Å². The molecule has 0 saturated carbocycles. The molecule has 0 bridgehead atoms. The molecule has 19 heavy (non-hydrogen) atoms. The zero-order valence-electron chi connectivity index (χ0n) is 11.7. The monoisotopic (exact) mass is 264 g/mol. The van der Waals surface area contributed by atoms with Gasteiger partial charge in [-0.2, -0.15) is 0 Å². The van der Waals surface area contributed by atoms with Crippen molar-refractivity contribution in [1.82, 2.24) is 4.90 Å². The molecule has 1 fully saturated rings. The van der Waals surface area contributed by atoms with Gasteiger partial charge in [-0.15, -0.1) is 0 Å². The number of rotatable bonds is 5. The number of aliphatic hydroxyl groups is 1. The quantitative estimate of drug-likeness (QED) is 0.847. The second-order valence-corrected chi connectivity index (χ2v) is 5.30. The Morgan fingerprint density at radius 3 is 2.95 bits per heavy atom. The fourth-order valence-corrected chi connectivity index (χ4v) is 3.04. The Morgan fingerprint density at radius 2 is 2.32 bits per heavy atom. The van der Waals surface area contributed by atoms with E-state index in [1.54, 1.807) is 7.11 Å². The van der Waals surface area contributed by atoms with Crippen molar-refractivity contribution in [2.75, 3.05) is 20.3 Å². The predicted molar refractivity (Wildman–Crippen MR) is 76.2 cm³/mol. The molecular formula is C15H24N2O2. The van der Waals surface area contributed by atoms with Crippen LogP contribution in [0.15, 0.2) is 24.3 Å². The molecule has 4 nitrogen and oxygen atoms in total. The van der Waals surface area contributed by atoms with Gasteiger partial charge in [0.1, 0.15) is 5.75 Å². The maximum atomic E-state index is 9.51. The minimum Gasteiger partial charge on any atom is -0.497 e. The van der Waals surface area contributed by atoms with Gasteiger partial charge in [0.2, 0.25) is 0 Å². The van der Waals surface area contributed by atoms with Gasteiger partial charge in [-0.25, -0.2) is 0 Å². The molecule has 2 rings (SSSR count). The summed E-state index contributed by atoms with van der Waals surface area (Å²) in [7, 11) is 1.67. The van der Waals surface area contributed by atoms with Gasteiger partial charge in [-0.1, -0.05) is 12.1 Å². The molecular weight excluding hydrogens is 240 g/mol. The van der Waals surface area contributed by atoms with Gasteiger partial charge in [0.05, 0.1) is 19.8 Å². The lowest BCUT2D eigenvalue weighted by atomic mass is 9.98. The zero-order chi connectivity index (χ0) is 13.8. The van der Waals surface area contributed by atoms with Crippen molar-refractivity contribution in [3.8, 4) is 5.75 Å². The summed E-state index contributed by atoms with van der Waals surface area (Å²) in [6.45, 7) is 3.22. The topological polar surface area (TPSA) is 58.7 Å². The van der Waals surface area contributed by atoms with Gasteiger partial charge in [0.25, 0.3) is 0 Å². The maximum Gasteiger partial charge on any atom is 0.119 e. The summed E-state index contributed by atoms with van der Waals surface area (Å²) in [5.41, 5.74) is 7.35. The minimum absolute atomic E-state index is 0.0132. The van der Waals surface area contributed by atoms with Crippen LogP contribution in [0.3, 0.4) is 0 Å². The molecule has 0 spiro atoms. The summed E-state index contributed by atoms with van der Waals surface area (Å²) in [6.07, 6.45) is 2.17. The minimum atomic E-state index is 0.0132. The highest BCUT2D eigenvalue weighted by Gasteiger charge is 2.33. The largest absolute Gasteiger partial charge is 0.497 e. The van der Waals surface area contributed by atoms with E-state index in [1.807, 2.05) is 25.1 Å². The van der Waals surface area contributed by atoms with Crippen LogP contribution >= 0.6 is 0 Å². The molecule has 1 heterocycles. The van der Waals surface area contributed by atoms with E-state index >= 15 is 0 Å². The number of hydrogen-bond donors (Lipinski definition) is 2. The average Bonchev–Trinajstić information content (AvgIpc) is 2.87. The van der Waals surface area contributed by atoms with Crippen LogP contribution < -0.4 is 10.5 Å². The summed E-state index contributed by atoms with van der Waals surface area (Å²) in [4.78, 5) is 2.33. The molecule has 1 aliphatic rings. The standard InChI is InChI=1S/C15H24N2O2/c1-11(16)15(17-8-4-6-13(17)10-18)12-5-3-7-14(9-12)19-2/h3,5,7,9,11,13,15,18H,4,6,8,10,16H2,1-2H3. The van der Waals surface area contributed by atoms with Crippen LogP contribution in [0.25, 0.3) is 0 Å². The smallest absolute Gasteiger partial charge is 0.119 e. The summed E-state index contributed by atoms with van der Waals surface area (Å²) in [5, 5.41) is 9.51. The first-order valence-electron chi connectivity index (χ1n) is 6.93. The molecule has 1 aromatic carbocycles. The predicted octanol–water partition coefficient (Wildman–Crippen LogP) is 1.54. The number of likely N-dealkylation sites (tertiary alicyclic amines) is 1. The van der Waals surface area contributed by atoms with Gasteiger partial charge in [0.15, 0.2) is 0 Å². The van der Waals surface area contributed by atoms with Crippen molar-refractivity contribution < 1.29 is 9.84 Å². The molecule has 0 radical (unpaired) electrons. The van der Waals surface area contributed by atoms with Crippen LogP contribution in [0.1, 0.15) is 31.4 Å². The Labute approximate surface area is 115 Å². The second-order valence-electron chi connectivity index (χ2n) is 5.30. The summed E-state index contributed by atoms with van der Waals surface area (Å²) in [6, 6.07) is 8.43. The van der Waals surface area contributed by atoms with Gasteiger partial charge < -0.3 is 15.6 Å². The van der Waals surface area contributed by atoms with Gasteiger partial charge in [-0.3, -0.25) is 4.90 Å². The first-order valence-corrected chi connectivity index (χ1v) is 6.93. The third-order valence-corrected chi connectivity index (χ3v) is 3.92. The first kappa shape index (κ1) is 14.3. The fourth-order valence-electron chi connectivity index (χ4n) is 3.04. The van der Waals surface area contributed by atoms with Crippen molar-refractivity contribution in [1.29, 1.82) is 0 Å². The van der Waals surface area contributed by atoms with E-state index in [-0.39, 0.29) is 24.7 Å². The zero-order valence-corrected chi connectivity index (χ0v) is 11.7.